The molecule has 0 aliphatic carbocycles. The standard InChI is InChI=1S/C28H33ClN2O3/c1-32-26-9-5-6-10-27(26)34-22-21-33-20-19-30-15-17-31(18-16-30)28(23-7-3-2-4-8-23)24-11-13-25(29)14-12-24/h2-14,28H,15-22H2,1H3. The van der Waals surface area contributed by atoms with Gasteiger partial charge in [0.05, 0.1) is 26.4 Å². The topological polar surface area (TPSA) is 34.2 Å². The maximum absolute atomic E-state index is 6.15. The van der Waals surface area contributed by atoms with Crippen molar-refractivity contribution >= 4 is 11.6 Å². The summed E-state index contributed by atoms with van der Waals surface area (Å²) in [6.07, 6.45) is 0. The number of ether oxygens (including phenoxy) is 3. The zero-order valence-corrected chi connectivity index (χ0v) is 20.5. The van der Waals surface area contributed by atoms with E-state index in [-0.39, 0.29) is 6.04 Å². The molecule has 5 nitrogen and oxygen atoms in total. The largest absolute Gasteiger partial charge is 0.493 e. The molecule has 0 amide bonds. The normalized spacial score (nSPS) is 15.7. The van der Waals surface area contributed by atoms with E-state index in [9.17, 15) is 0 Å². The van der Waals surface area contributed by atoms with Crippen LogP contribution >= 0.6 is 11.6 Å². The molecule has 1 unspecified atom stereocenters. The van der Waals surface area contributed by atoms with Gasteiger partial charge in [0.15, 0.2) is 11.5 Å². The monoisotopic (exact) mass is 480 g/mol. The van der Waals surface area contributed by atoms with Crippen molar-refractivity contribution in [2.75, 3.05) is 59.7 Å². The molecule has 180 valence electrons. The van der Waals surface area contributed by atoms with Crippen molar-refractivity contribution in [1.29, 1.82) is 0 Å². The molecule has 0 spiro atoms. The van der Waals surface area contributed by atoms with E-state index in [1.165, 1.54) is 11.1 Å². The van der Waals surface area contributed by atoms with E-state index in [0.29, 0.717) is 19.8 Å². The second kappa shape index (κ2) is 12.8. The van der Waals surface area contributed by atoms with Crippen molar-refractivity contribution in [2.24, 2.45) is 0 Å². The minimum atomic E-state index is 0.240. The molecule has 0 saturated carbocycles. The van der Waals surface area contributed by atoms with Gasteiger partial charge in [0.25, 0.3) is 0 Å². The Morgan fingerprint density at radius 1 is 0.735 bits per heavy atom. The van der Waals surface area contributed by atoms with E-state index in [1.807, 2.05) is 36.4 Å². The lowest BCUT2D eigenvalue weighted by Crippen LogP contribution is -2.48. The Hall–Kier alpha value is -2.57. The van der Waals surface area contributed by atoms with E-state index in [1.54, 1.807) is 7.11 Å². The molecular formula is C28H33ClN2O3. The maximum atomic E-state index is 6.15. The summed E-state index contributed by atoms with van der Waals surface area (Å²) in [4.78, 5) is 5.04. The highest BCUT2D eigenvalue weighted by atomic mass is 35.5. The number of hydrogen-bond donors (Lipinski definition) is 0. The summed E-state index contributed by atoms with van der Waals surface area (Å²) in [5.41, 5.74) is 2.60. The number of hydrogen-bond acceptors (Lipinski definition) is 5. The fourth-order valence-corrected chi connectivity index (χ4v) is 4.51. The molecule has 1 heterocycles. The summed E-state index contributed by atoms with van der Waals surface area (Å²) in [5, 5.41) is 0.772. The Morgan fingerprint density at radius 3 is 2.09 bits per heavy atom. The summed E-state index contributed by atoms with van der Waals surface area (Å²) < 4.78 is 16.9. The Kier molecular flexibility index (Phi) is 9.22. The van der Waals surface area contributed by atoms with Gasteiger partial charge in [-0.1, -0.05) is 66.2 Å². The first kappa shape index (κ1) is 24.6. The van der Waals surface area contributed by atoms with Gasteiger partial charge in [0.2, 0.25) is 0 Å². The van der Waals surface area contributed by atoms with E-state index in [4.69, 9.17) is 25.8 Å². The van der Waals surface area contributed by atoms with Crippen molar-refractivity contribution in [1.82, 2.24) is 9.80 Å². The number of benzene rings is 3. The molecule has 3 aromatic rings. The van der Waals surface area contributed by atoms with Crippen molar-refractivity contribution in [3.63, 3.8) is 0 Å². The smallest absolute Gasteiger partial charge is 0.161 e. The fraction of sp³-hybridized carbons (Fsp3) is 0.357. The fourth-order valence-electron chi connectivity index (χ4n) is 4.38. The average molecular weight is 481 g/mol. The zero-order chi connectivity index (χ0) is 23.6. The molecule has 4 rings (SSSR count). The first-order valence-corrected chi connectivity index (χ1v) is 12.2. The third-order valence-corrected chi connectivity index (χ3v) is 6.43. The molecule has 3 aromatic carbocycles. The molecule has 1 aliphatic heterocycles. The number of rotatable bonds is 11. The average Bonchev–Trinajstić information content (AvgIpc) is 2.89. The second-order valence-electron chi connectivity index (χ2n) is 8.35. The lowest BCUT2D eigenvalue weighted by Gasteiger charge is -2.39. The van der Waals surface area contributed by atoms with E-state index in [2.05, 4.69) is 52.3 Å². The molecule has 6 heteroatoms. The van der Waals surface area contributed by atoms with E-state index >= 15 is 0 Å². The zero-order valence-electron chi connectivity index (χ0n) is 19.7. The van der Waals surface area contributed by atoms with Gasteiger partial charge in [-0.15, -0.1) is 0 Å². The summed E-state index contributed by atoms with van der Waals surface area (Å²) >= 11 is 6.15. The second-order valence-corrected chi connectivity index (χ2v) is 8.79. The van der Waals surface area contributed by atoms with Gasteiger partial charge in [0, 0.05) is 37.7 Å². The SMILES string of the molecule is COc1ccccc1OCCOCCN1CCN(C(c2ccccc2)c2ccc(Cl)cc2)CC1. The number of nitrogens with zero attached hydrogens (tertiary/aromatic N) is 2. The number of methoxy groups -OCH3 is 1. The highest BCUT2D eigenvalue weighted by Crippen LogP contribution is 2.30. The molecule has 1 atom stereocenters. The molecule has 1 fully saturated rings. The van der Waals surface area contributed by atoms with E-state index < -0.39 is 0 Å². The third-order valence-electron chi connectivity index (χ3n) is 6.18. The van der Waals surface area contributed by atoms with Crippen molar-refractivity contribution < 1.29 is 14.2 Å². The van der Waals surface area contributed by atoms with Crippen LogP contribution in [-0.2, 0) is 4.74 Å². The Labute approximate surface area is 207 Å². The van der Waals surface area contributed by atoms with Crippen molar-refractivity contribution in [3.8, 4) is 11.5 Å². The quantitative estimate of drug-likeness (QED) is 0.354. The van der Waals surface area contributed by atoms with Crippen LogP contribution in [0.25, 0.3) is 0 Å². The first-order chi connectivity index (χ1) is 16.7. The minimum Gasteiger partial charge on any atom is -0.493 e. The Morgan fingerprint density at radius 2 is 1.38 bits per heavy atom. The number of halogens is 1. The van der Waals surface area contributed by atoms with Crippen LogP contribution < -0.4 is 9.47 Å². The summed E-state index contributed by atoms with van der Waals surface area (Å²) in [7, 11) is 1.65. The molecule has 0 bridgehead atoms. The Bertz CT molecular complexity index is 992. The van der Waals surface area contributed by atoms with Crippen LogP contribution in [0.2, 0.25) is 5.02 Å². The summed E-state index contributed by atoms with van der Waals surface area (Å²) in [6, 6.07) is 26.9. The van der Waals surface area contributed by atoms with Gasteiger partial charge in [-0.25, -0.2) is 0 Å². The van der Waals surface area contributed by atoms with Crippen molar-refractivity contribution in [2.45, 2.75) is 6.04 Å². The third kappa shape index (κ3) is 6.73. The molecule has 1 aliphatic rings. The predicted octanol–water partition coefficient (Wildman–Crippen LogP) is 5.15. The highest BCUT2D eigenvalue weighted by molar-refractivity contribution is 6.30. The molecule has 0 N–H and O–H groups in total. The van der Waals surface area contributed by atoms with Gasteiger partial charge in [-0.2, -0.15) is 0 Å². The van der Waals surface area contributed by atoms with Crippen LogP contribution in [0.5, 0.6) is 11.5 Å². The molecule has 34 heavy (non-hydrogen) atoms. The lowest BCUT2D eigenvalue weighted by atomic mass is 9.96. The first-order valence-electron chi connectivity index (χ1n) is 11.8. The van der Waals surface area contributed by atoms with Gasteiger partial charge >= 0.3 is 0 Å². The van der Waals surface area contributed by atoms with Crippen LogP contribution in [0, 0.1) is 0 Å². The lowest BCUT2D eigenvalue weighted by molar-refractivity contribution is 0.0552. The summed E-state index contributed by atoms with van der Waals surface area (Å²) in [6.45, 7) is 6.78. The van der Waals surface area contributed by atoms with Gasteiger partial charge in [0.1, 0.15) is 6.61 Å². The van der Waals surface area contributed by atoms with Crippen LogP contribution in [0.15, 0.2) is 78.9 Å². The Balaban J connectivity index is 1.22. The van der Waals surface area contributed by atoms with Gasteiger partial charge in [-0.3, -0.25) is 9.80 Å². The van der Waals surface area contributed by atoms with Crippen LogP contribution in [0.1, 0.15) is 17.2 Å². The molecule has 0 aromatic heterocycles. The maximum Gasteiger partial charge on any atom is 0.161 e. The highest BCUT2D eigenvalue weighted by Gasteiger charge is 2.26. The number of para-hydroxylation sites is 2. The number of piperazine rings is 1. The van der Waals surface area contributed by atoms with Crippen LogP contribution in [0.4, 0.5) is 0 Å². The minimum absolute atomic E-state index is 0.240. The van der Waals surface area contributed by atoms with Crippen LogP contribution in [0.3, 0.4) is 0 Å². The van der Waals surface area contributed by atoms with Crippen molar-refractivity contribution in [3.05, 3.63) is 95.0 Å². The van der Waals surface area contributed by atoms with Gasteiger partial charge < -0.3 is 14.2 Å². The predicted molar refractivity (Wildman–Crippen MR) is 137 cm³/mol. The molecular weight excluding hydrogens is 448 g/mol. The molecule has 0 radical (unpaired) electrons. The van der Waals surface area contributed by atoms with Gasteiger partial charge in [-0.05, 0) is 35.4 Å². The van der Waals surface area contributed by atoms with E-state index in [0.717, 1.165) is 49.2 Å². The van der Waals surface area contributed by atoms with Crippen LogP contribution in [-0.4, -0.2) is 69.5 Å². The molecule has 1 saturated heterocycles. The summed E-state index contributed by atoms with van der Waals surface area (Å²) in [5.74, 6) is 1.49.